The van der Waals surface area contributed by atoms with Gasteiger partial charge in [0.25, 0.3) is 0 Å². The van der Waals surface area contributed by atoms with Gasteiger partial charge in [-0.1, -0.05) is 0 Å². The van der Waals surface area contributed by atoms with E-state index in [0.29, 0.717) is 11.5 Å². The summed E-state index contributed by atoms with van der Waals surface area (Å²) in [6, 6.07) is 4.35. The van der Waals surface area contributed by atoms with Crippen LogP contribution in [0.3, 0.4) is 0 Å². The van der Waals surface area contributed by atoms with E-state index < -0.39 is 15.6 Å². The molecule has 0 aliphatic carbocycles. The van der Waals surface area contributed by atoms with E-state index in [2.05, 4.69) is 0 Å². The summed E-state index contributed by atoms with van der Waals surface area (Å²) in [5, 5.41) is 19.9. The van der Waals surface area contributed by atoms with Crippen LogP contribution in [0.5, 0.6) is 5.75 Å². The Morgan fingerprint density at radius 1 is 1.53 bits per heavy atom. The molecule has 0 heterocycles. The molecule has 0 aliphatic heterocycles. The molecule has 0 aliphatic rings. The van der Waals surface area contributed by atoms with Crippen LogP contribution in [0.25, 0.3) is 0 Å². The number of hydrogen-bond donors (Lipinski definition) is 1. The van der Waals surface area contributed by atoms with Gasteiger partial charge in [0, 0.05) is 17.0 Å². The van der Waals surface area contributed by atoms with Crippen molar-refractivity contribution in [1.82, 2.24) is 0 Å². The number of carboxylic acids is 1. The average Bonchev–Trinajstić information content (AvgIpc) is 2.28. The maximum atomic E-state index is 11.1. The van der Waals surface area contributed by atoms with Crippen molar-refractivity contribution in [3.05, 3.63) is 28.3 Å². The first-order valence-corrected chi connectivity index (χ1v) is 6.43. The number of carboxylic acid groups (broad SMARTS) is 1. The Bertz CT molecular complexity index is 501. The van der Waals surface area contributed by atoms with Crippen molar-refractivity contribution < 1.29 is 19.6 Å². The highest BCUT2D eigenvalue weighted by molar-refractivity contribution is 8.01. The van der Waals surface area contributed by atoms with E-state index in [1.54, 1.807) is 20.8 Å². The second kappa shape index (κ2) is 5.92. The Kier molecular flexibility index (Phi) is 4.77. The van der Waals surface area contributed by atoms with Crippen molar-refractivity contribution in [1.29, 1.82) is 0 Å². The number of hydrogen-bond acceptors (Lipinski definition) is 5. The molecule has 6 nitrogen and oxygen atoms in total. The average molecular weight is 285 g/mol. The van der Waals surface area contributed by atoms with Gasteiger partial charge in [-0.05, 0) is 26.8 Å². The summed E-state index contributed by atoms with van der Waals surface area (Å²) >= 11 is 1.11. The molecule has 0 atom stereocenters. The fraction of sp³-hybridized carbons (Fsp3) is 0.417. The molecule has 0 fully saturated rings. The molecule has 104 valence electrons. The molecule has 0 spiro atoms. The molecule has 0 unspecified atom stereocenters. The fourth-order valence-electron chi connectivity index (χ4n) is 1.32. The lowest BCUT2D eigenvalue weighted by Gasteiger charge is -2.18. The highest BCUT2D eigenvalue weighted by Crippen LogP contribution is 2.37. The first-order chi connectivity index (χ1) is 8.77. The number of thioether (sulfide) groups is 1. The number of nitrogens with zero attached hydrogens (tertiary/aromatic N) is 1. The zero-order chi connectivity index (χ0) is 14.6. The van der Waals surface area contributed by atoms with Gasteiger partial charge in [0.05, 0.1) is 11.5 Å². The standard InChI is InChI=1S/C12H15NO5S/c1-4-18-10-7-8(5-6-9(10)13(16)17)19-12(2,3)11(14)15/h5-7H,4H2,1-3H3,(H,14,15). The summed E-state index contributed by atoms with van der Waals surface area (Å²) in [7, 11) is 0. The smallest absolute Gasteiger partial charge is 0.319 e. The first-order valence-electron chi connectivity index (χ1n) is 5.61. The van der Waals surface area contributed by atoms with E-state index in [0.717, 1.165) is 11.8 Å². The van der Waals surface area contributed by atoms with Crippen molar-refractivity contribution in [2.75, 3.05) is 6.61 Å². The minimum Gasteiger partial charge on any atom is -0.487 e. The molecule has 7 heteroatoms. The molecule has 1 rings (SSSR count). The van der Waals surface area contributed by atoms with Gasteiger partial charge in [0.15, 0.2) is 5.75 Å². The van der Waals surface area contributed by atoms with Crippen LogP contribution in [0, 0.1) is 10.1 Å². The maximum absolute atomic E-state index is 11.1. The van der Waals surface area contributed by atoms with Crippen LogP contribution in [0.2, 0.25) is 0 Å². The minimum absolute atomic E-state index is 0.126. The third kappa shape index (κ3) is 3.85. The normalized spacial score (nSPS) is 11.1. The molecule has 0 saturated heterocycles. The Morgan fingerprint density at radius 3 is 2.63 bits per heavy atom. The van der Waals surface area contributed by atoms with Gasteiger partial charge in [-0.3, -0.25) is 14.9 Å². The zero-order valence-electron chi connectivity index (χ0n) is 10.9. The summed E-state index contributed by atoms with van der Waals surface area (Å²) in [5.41, 5.74) is -0.126. The van der Waals surface area contributed by atoms with Crippen molar-refractivity contribution in [3.63, 3.8) is 0 Å². The largest absolute Gasteiger partial charge is 0.487 e. The molecule has 0 amide bonds. The molecular formula is C12H15NO5S. The summed E-state index contributed by atoms with van der Waals surface area (Å²) in [6.45, 7) is 5.17. The van der Waals surface area contributed by atoms with Gasteiger partial charge in [0.2, 0.25) is 0 Å². The highest BCUT2D eigenvalue weighted by Gasteiger charge is 2.29. The van der Waals surface area contributed by atoms with E-state index >= 15 is 0 Å². The van der Waals surface area contributed by atoms with E-state index in [4.69, 9.17) is 9.84 Å². The van der Waals surface area contributed by atoms with E-state index in [1.807, 2.05) is 0 Å². The van der Waals surface area contributed by atoms with Crippen LogP contribution in [0.1, 0.15) is 20.8 Å². The Morgan fingerprint density at radius 2 is 2.16 bits per heavy atom. The van der Waals surface area contributed by atoms with Crippen LogP contribution in [0.4, 0.5) is 5.69 Å². The molecule has 0 bridgehead atoms. The van der Waals surface area contributed by atoms with E-state index in [9.17, 15) is 14.9 Å². The van der Waals surface area contributed by atoms with Crippen molar-refractivity contribution in [3.8, 4) is 5.75 Å². The van der Waals surface area contributed by atoms with Gasteiger partial charge in [-0.15, -0.1) is 11.8 Å². The molecule has 0 saturated carbocycles. The van der Waals surface area contributed by atoms with Crippen LogP contribution in [0.15, 0.2) is 23.1 Å². The van der Waals surface area contributed by atoms with Crippen LogP contribution < -0.4 is 4.74 Å². The second-order valence-corrected chi connectivity index (χ2v) is 5.93. The van der Waals surface area contributed by atoms with Gasteiger partial charge in [0.1, 0.15) is 4.75 Å². The number of carbonyl (C=O) groups is 1. The fourth-order valence-corrected chi connectivity index (χ4v) is 2.30. The minimum atomic E-state index is -1.01. The van der Waals surface area contributed by atoms with Crippen LogP contribution in [-0.2, 0) is 4.79 Å². The molecule has 19 heavy (non-hydrogen) atoms. The summed E-state index contributed by atoms with van der Waals surface area (Å²) in [5.74, 6) is -0.799. The number of ether oxygens (including phenoxy) is 1. The predicted octanol–water partition coefficient (Wildman–Crippen LogP) is 2.95. The molecule has 0 aromatic heterocycles. The summed E-state index contributed by atoms with van der Waals surface area (Å²) in [4.78, 5) is 22.0. The van der Waals surface area contributed by atoms with Crippen molar-refractivity contribution in [2.24, 2.45) is 0 Å². The monoisotopic (exact) mass is 285 g/mol. The quantitative estimate of drug-likeness (QED) is 0.491. The molecule has 1 aromatic carbocycles. The van der Waals surface area contributed by atoms with Gasteiger partial charge >= 0.3 is 11.7 Å². The summed E-state index contributed by atoms with van der Waals surface area (Å²) < 4.78 is 4.20. The van der Waals surface area contributed by atoms with Gasteiger partial charge in [-0.2, -0.15) is 0 Å². The number of nitro groups is 1. The number of benzene rings is 1. The lowest BCUT2D eigenvalue weighted by atomic mass is 10.2. The molecule has 0 radical (unpaired) electrons. The Labute approximate surface area is 114 Å². The molecular weight excluding hydrogens is 270 g/mol. The van der Waals surface area contributed by atoms with Crippen LogP contribution >= 0.6 is 11.8 Å². The molecule has 1 aromatic rings. The third-order valence-corrected chi connectivity index (χ3v) is 3.49. The Hall–Kier alpha value is -1.76. The second-order valence-electron chi connectivity index (χ2n) is 4.24. The number of rotatable bonds is 6. The summed E-state index contributed by atoms with van der Waals surface area (Å²) in [6.07, 6.45) is 0. The number of nitro benzene ring substituents is 1. The van der Waals surface area contributed by atoms with Crippen LogP contribution in [-0.4, -0.2) is 27.4 Å². The lowest BCUT2D eigenvalue weighted by molar-refractivity contribution is -0.385. The van der Waals surface area contributed by atoms with Gasteiger partial charge in [-0.25, -0.2) is 0 Å². The zero-order valence-corrected chi connectivity index (χ0v) is 11.7. The highest BCUT2D eigenvalue weighted by atomic mass is 32.2. The van der Waals surface area contributed by atoms with Crippen molar-refractivity contribution >= 4 is 23.4 Å². The molecule has 1 N–H and O–H groups in total. The number of aliphatic carboxylic acids is 1. The Balaban J connectivity index is 3.08. The first kappa shape index (κ1) is 15.3. The predicted molar refractivity (Wildman–Crippen MR) is 71.8 cm³/mol. The van der Waals surface area contributed by atoms with E-state index in [-0.39, 0.29) is 11.4 Å². The topological polar surface area (TPSA) is 89.7 Å². The van der Waals surface area contributed by atoms with Gasteiger partial charge < -0.3 is 9.84 Å². The third-order valence-electron chi connectivity index (χ3n) is 2.32. The van der Waals surface area contributed by atoms with Crippen molar-refractivity contribution in [2.45, 2.75) is 30.4 Å². The lowest BCUT2D eigenvalue weighted by Crippen LogP contribution is -2.26. The maximum Gasteiger partial charge on any atom is 0.319 e. The van der Waals surface area contributed by atoms with E-state index in [1.165, 1.54) is 18.2 Å². The SMILES string of the molecule is CCOc1cc(SC(C)(C)C(=O)O)ccc1[N+](=O)[O-].